The van der Waals surface area contributed by atoms with Crippen LogP contribution >= 0.6 is 27.5 Å². The minimum Gasteiger partial charge on any atom is -0.382 e. The Kier molecular flexibility index (Phi) is 3.51. The molecule has 5 heteroatoms. The first-order chi connectivity index (χ1) is 9.68. The number of hydrogen-bond acceptors (Lipinski definition) is 2. The van der Waals surface area contributed by atoms with E-state index < -0.39 is 0 Å². The third-order valence-corrected chi connectivity index (χ3v) is 4.10. The topological polar surface area (TPSA) is 54.7 Å². The van der Waals surface area contributed by atoms with Crippen LogP contribution in [0.3, 0.4) is 0 Å². The van der Waals surface area contributed by atoms with E-state index in [0.29, 0.717) is 10.8 Å². The van der Waals surface area contributed by atoms with Gasteiger partial charge in [-0.1, -0.05) is 63.9 Å². The summed E-state index contributed by atoms with van der Waals surface area (Å²) in [4.78, 5) is 0. The molecule has 1 heterocycles. The van der Waals surface area contributed by atoms with E-state index in [1.54, 1.807) is 0 Å². The zero-order chi connectivity index (χ0) is 14.1. The quantitative estimate of drug-likeness (QED) is 0.702. The van der Waals surface area contributed by atoms with Crippen LogP contribution in [0.2, 0.25) is 5.02 Å². The first-order valence-electron chi connectivity index (χ1n) is 6.02. The smallest absolute Gasteiger partial charge is 0.153 e. The predicted molar refractivity (Wildman–Crippen MR) is 86.6 cm³/mol. The van der Waals surface area contributed by atoms with Crippen molar-refractivity contribution in [3.05, 3.63) is 58.0 Å². The molecule has 0 saturated heterocycles. The maximum atomic E-state index is 6.28. The number of H-pyrrole nitrogens is 1. The highest BCUT2D eigenvalue weighted by molar-refractivity contribution is 9.10. The second-order valence-corrected chi connectivity index (χ2v) is 5.58. The molecule has 0 bridgehead atoms. The number of nitrogen functional groups attached to an aromatic ring is 1. The molecule has 0 saturated carbocycles. The molecule has 0 fully saturated rings. The van der Waals surface area contributed by atoms with Crippen molar-refractivity contribution in [1.29, 1.82) is 0 Å². The fourth-order valence-corrected chi connectivity index (χ4v) is 2.86. The first-order valence-corrected chi connectivity index (χ1v) is 7.19. The second kappa shape index (κ2) is 5.31. The van der Waals surface area contributed by atoms with E-state index >= 15 is 0 Å². The Morgan fingerprint density at radius 1 is 1.00 bits per heavy atom. The molecular formula is C15H11BrClN3. The van der Waals surface area contributed by atoms with Crippen LogP contribution in [-0.2, 0) is 0 Å². The van der Waals surface area contributed by atoms with Gasteiger partial charge in [-0.3, -0.25) is 5.10 Å². The number of nitrogens with zero attached hydrogens (tertiary/aromatic N) is 1. The van der Waals surface area contributed by atoms with Gasteiger partial charge in [0.2, 0.25) is 0 Å². The zero-order valence-electron chi connectivity index (χ0n) is 10.4. The molecule has 1 aromatic heterocycles. The molecule has 0 aliphatic carbocycles. The minimum atomic E-state index is 0.434. The molecule has 100 valence electrons. The molecule has 3 nitrogen and oxygen atoms in total. The lowest BCUT2D eigenvalue weighted by Crippen LogP contribution is -1.90. The Morgan fingerprint density at radius 3 is 2.35 bits per heavy atom. The van der Waals surface area contributed by atoms with Crippen LogP contribution in [0.5, 0.6) is 0 Å². The summed E-state index contributed by atoms with van der Waals surface area (Å²) in [6.07, 6.45) is 0. The fraction of sp³-hybridized carbons (Fsp3) is 0. The largest absolute Gasteiger partial charge is 0.382 e. The lowest BCUT2D eigenvalue weighted by molar-refractivity contribution is 1.10. The summed E-state index contributed by atoms with van der Waals surface area (Å²) in [6, 6.07) is 15.5. The number of halogens is 2. The van der Waals surface area contributed by atoms with Crippen LogP contribution in [0.25, 0.3) is 22.4 Å². The molecule has 0 aliphatic rings. The van der Waals surface area contributed by atoms with Crippen molar-refractivity contribution in [2.24, 2.45) is 0 Å². The van der Waals surface area contributed by atoms with E-state index in [4.69, 9.17) is 17.3 Å². The molecule has 0 amide bonds. The summed E-state index contributed by atoms with van der Waals surface area (Å²) in [5.74, 6) is 0.434. The third-order valence-electron chi connectivity index (χ3n) is 3.08. The molecule has 3 N–H and O–H groups in total. The summed E-state index contributed by atoms with van der Waals surface area (Å²) in [5.41, 5.74) is 9.54. The van der Waals surface area contributed by atoms with E-state index in [0.717, 1.165) is 26.9 Å². The standard InChI is InChI=1S/C15H11BrClN3/c16-11-7-3-1-5-9(11)14-13(15(18)20-19-14)10-6-2-4-8-12(10)17/h1-8H,(H3,18,19,20). The van der Waals surface area contributed by atoms with Crippen molar-refractivity contribution in [3.63, 3.8) is 0 Å². The third kappa shape index (κ3) is 2.21. The van der Waals surface area contributed by atoms with Gasteiger partial charge in [0, 0.05) is 20.6 Å². The Hall–Kier alpha value is -1.78. The highest BCUT2D eigenvalue weighted by Crippen LogP contribution is 2.40. The van der Waals surface area contributed by atoms with Crippen LogP contribution in [0.4, 0.5) is 5.82 Å². The highest BCUT2D eigenvalue weighted by Gasteiger charge is 2.18. The summed E-state index contributed by atoms with van der Waals surface area (Å²) in [7, 11) is 0. The highest BCUT2D eigenvalue weighted by atomic mass is 79.9. The van der Waals surface area contributed by atoms with Gasteiger partial charge in [-0.2, -0.15) is 5.10 Å². The summed E-state index contributed by atoms with van der Waals surface area (Å²) >= 11 is 9.82. The van der Waals surface area contributed by atoms with Crippen molar-refractivity contribution >= 4 is 33.3 Å². The number of nitrogens with one attached hydrogen (secondary N) is 1. The molecule has 0 aliphatic heterocycles. The van der Waals surface area contributed by atoms with Gasteiger partial charge in [0.1, 0.15) is 0 Å². The van der Waals surface area contributed by atoms with E-state index in [2.05, 4.69) is 26.1 Å². The van der Waals surface area contributed by atoms with Crippen molar-refractivity contribution < 1.29 is 0 Å². The summed E-state index contributed by atoms with van der Waals surface area (Å²) in [6.45, 7) is 0. The van der Waals surface area contributed by atoms with Gasteiger partial charge >= 0.3 is 0 Å². The van der Waals surface area contributed by atoms with Crippen molar-refractivity contribution in [3.8, 4) is 22.4 Å². The fourth-order valence-electron chi connectivity index (χ4n) is 2.15. The zero-order valence-corrected chi connectivity index (χ0v) is 12.7. The molecular weight excluding hydrogens is 338 g/mol. The Bertz CT molecular complexity index is 767. The lowest BCUT2D eigenvalue weighted by atomic mass is 10.0. The average Bonchev–Trinajstić information content (AvgIpc) is 2.82. The lowest BCUT2D eigenvalue weighted by Gasteiger charge is -2.08. The molecule has 2 aromatic carbocycles. The van der Waals surface area contributed by atoms with Crippen LogP contribution in [-0.4, -0.2) is 10.2 Å². The number of benzene rings is 2. The number of rotatable bonds is 2. The van der Waals surface area contributed by atoms with Gasteiger partial charge in [-0.05, 0) is 12.1 Å². The van der Waals surface area contributed by atoms with Gasteiger partial charge in [0.15, 0.2) is 5.82 Å². The van der Waals surface area contributed by atoms with Crippen LogP contribution in [0, 0.1) is 0 Å². The SMILES string of the molecule is Nc1n[nH]c(-c2ccccc2Br)c1-c1ccccc1Cl. The molecule has 20 heavy (non-hydrogen) atoms. The number of hydrogen-bond donors (Lipinski definition) is 2. The monoisotopic (exact) mass is 347 g/mol. The van der Waals surface area contributed by atoms with E-state index in [1.165, 1.54) is 0 Å². The van der Waals surface area contributed by atoms with Crippen LogP contribution in [0.15, 0.2) is 53.0 Å². The van der Waals surface area contributed by atoms with E-state index in [9.17, 15) is 0 Å². The van der Waals surface area contributed by atoms with Crippen LogP contribution < -0.4 is 5.73 Å². The van der Waals surface area contributed by atoms with E-state index in [1.807, 2.05) is 48.5 Å². The van der Waals surface area contributed by atoms with Gasteiger partial charge in [0.25, 0.3) is 0 Å². The van der Waals surface area contributed by atoms with Gasteiger partial charge in [-0.15, -0.1) is 0 Å². The van der Waals surface area contributed by atoms with Crippen LogP contribution in [0.1, 0.15) is 0 Å². The van der Waals surface area contributed by atoms with Crippen molar-refractivity contribution in [2.45, 2.75) is 0 Å². The minimum absolute atomic E-state index is 0.434. The molecule has 3 aromatic rings. The predicted octanol–water partition coefficient (Wildman–Crippen LogP) is 4.74. The molecule has 0 spiro atoms. The summed E-state index contributed by atoms with van der Waals surface area (Å²) in [5, 5.41) is 7.77. The Labute approximate surface area is 129 Å². The van der Waals surface area contributed by atoms with Crippen molar-refractivity contribution in [2.75, 3.05) is 5.73 Å². The molecule has 0 atom stereocenters. The molecule has 0 radical (unpaired) electrons. The second-order valence-electron chi connectivity index (χ2n) is 4.32. The van der Waals surface area contributed by atoms with E-state index in [-0.39, 0.29) is 0 Å². The number of aromatic nitrogens is 2. The van der Waals surface area contributed by atoms with Crippen molar-refractivity contribution in [1.82, 2.24) is 10.2 Å². The maximum Gasteiger partial charge on any atom is 0.153 e. The van der Waals surface area contributed by atoms with Gasteiger partial charge in [-0.25, -0.2) is 0 Å². The normalized spacial score (nSPS) is 10.7. The Balaban J connectivity index is 2.26. The number of aromatic amines is 1. The number of anilines is 1. The number of nitrogens with two attached hydrogens (primary N) is 1. The van der Waals surface area contributed by atoms with Gasteiger partial charge in [0.05, 0.1) is 11.3 Å². The average molecular weight is 349 g/mol. The summed E-state index contributed by atoms with van der Waals surface area (Å²) < 4.78 is 0.969. The van der Waals surface area contributed by atoms with Gasteiger partial charge < -0.3 is 5.73 Å². The first kappa shape index (κ1) is 13.2. The maximum absolute atomic E-state index is 6.28. The Morgan fingerprint density at radius 2 is 1.65 bits per heavy atom. The molecule has 0 unspecified atom stereocenters. The molecule has 3 rings (SSSR count).